The van der Waals surface area contributed by atoms with E-state index in [0.717, 1.165) is 46.3 Å². The minimum atomic E-state index is -1.47. The molecule has 10 nitrogen and oxygen atoms in total. The standard InChI is InChI=1S/C52H33N3O7/c56-47-39-27-41-42(52(60)55(51(41)59)46-37(30-13-6-7-14-30)23-32(29-11-4-5-12-29)24-38(46)31-15-8-9-16-31)28-40(39)48(57)45(47)49-53-44-22-21-36(26-43(44)50(58)54-49)62-35-20-10-19-34(25-35)61-33-17-2-1-3-18-33/h1-8,10-11,13,15-28,45H,9,12,14H2,(H,53,54,58). The fourth-order valence-electron chi connectivity index (χ4n) is 8.77. The van der Waals surface area contributed by atoms with Crippen molar-refractivity contribution in [2.75, 3.05) is 4.90 Å². The van der Waals surface area contributed by atoms with Gasteiger partial charge in [0, 0.05) is 28.3 Å². The lowest BCUT2D eigenvalue weighted by Gasteiger charge is -2.25. The maximum Gasteiger partial charge on any atom is 0.266 e. The van der Waals surface area contributed by atoms with E-state index in [2.05, 4.69) is 28.2 Å². The average Bonchev–Trinajstić information content (AvgIpc) is 4.15. The van der Waals surface area contributed by atoms with Crippen LogP contribution in [-0.2, 0) is 0 Å². The number of allylic oxidation sites excluding steroid dienone is 12. The highest BCUT2D eigenvalue weighted by atomic mass is 16.5. The largest absolute Gasteiger partial charge is 0.457 e. The Kier molecular flexibility index (Phi) is 8.60. The number of imide groups is 1. The number of nitrogens with one attached hydrogen (secondary N) is 1. The van der Waals surface area contributed by atoms with Crippen molar-refractivity contribution in [1.82, 2.24) is 9.97 Å². The highest BCUT2D eigenvalue weighted by Crippen LogP contribution is 2.46. The zero-order chi connectivity index (χ0) is 42.1. The number of anilines is 1. The monoisotopic (exact) mass is 811 g/mol. The van der Waals surface area contributed by atoms with Gasteiger partial charge in [-0.25, -0.2) is 9.88 Å². The topological polar surface area (TPSA) is 136 Å². The number of carbonyl (C=O) groups excluding carboxylic acids is 4. The van der Waals surface area contributed by atoms with Crippen LogP contribution < -0.4 is 19.9 Å². The zero-order valence-corrected chi connectivity index (χ0v) is 32.9. The van der Waals surface area contributed by atoms with E-state index in [9.17, 15) is 24.0 Å². The van der Waals surface area contributed by atoms with Crippen molar-refractivity contribution in [2.45, 2.75) is 25.2 Å². The van der Waals surface area contributed by atoms with Gasteiger partial charge >= 0.3 is 0 Å². The first-order valence-electron chi connectivity index (χ1n) is 20.3. The number of H-pyrrole nitrogens is 1. The van der Waals surface area contributed by atoms with Crippen LogP contribution in [-0.4, -0.2) is 33.3 Å². The number of nitrogens with zero attached hydrogens (tertiary/aromatic N) is 2. The number of carbonyl (C=O) groups is 4. The van der Waals surface area contributed by atoms with Crippen LogP contribution in [0.3, 0.4) is 0 Å². The van der Waals surface area contributed by atoms with Gasteiger partial charge in [-0.3, -0.25) is 24.0 Å². The number of aromatic amines is 1. The van der Waals surface area contributed by atoms with Gasteiger partial charge in [0.25, 0.3) is 17.4 Å². The number of rotatable bonds is 9. The summed E-state index contributed by atoms with van der Waals surface area (Å²) in [5.74, 6) is -1.96. The predicted molar refractivity (Wildman–Crippen MR) is 236 cm³/mol. The summed E-state index contributed by atoms with van der Waals surface area (Å²) < 4.78 is 12.0. The van der Waals surface area contributed by atoms with Crippen LogP contribution in [0.25, 0.3) is 27.6 Å². The molecule has 6 aromatic rings. The van der Waals surface area contributed by atoms with E-state index >= 15 is 0 Å². The van der Waals surface area contributed by atoms with E-state index < -0.39 is 34.9 Å². The lowest BCUT2D eigenvalue weighted by molar-refractivity contribution is 0.0882. The number of benzene rings is 5. The molecule has 298 valence electrons. The summed E-state index contributed by atoms with van der Waals surface area (Å²) in [6.07, 6.45) is 20.4. The third-order valence-corrected chi connectivity index (χ3v) is 11.7. The van der Waals surface area contributed by atoms with Crippen LogP contribution in [0.2, 0.25) is 0 Å². The number of ether oxygens (including phenoxy) is 2. The smallest absolute Gasteiger partial charge is 0.266 e. The molecule has 5 aliphatic rings. The van der Waals surface area contributed by atoms with Crippen LogP contribution in [0.5, 0.6) is 23.0 Å². The number of aromatic nitrogens is 2. The summed E-state index contributed by atoms with van der Waals surface area (Å²) in [6.45, 7) is 0. The van der Waals surface area contributed by atoms with Gasteiger partial charge < -0.3 is 14.5 Å². The van der Waals surface area contributed by atoms with Crippen molar-refractivity contribution in [2.24, 2.45) is 0 Å². The molecule has 2 heterocycles. The molecular formula is C52H33N3O7. The molecule has 11 rings (SSSR count). The molecule has 1 aliphatic heterocycles. The maximum absolute atomic E-state index is 14.6. The Morgan fingerprint density at radius 3 is 1.90 bits per heavy atom. The molecule has 0 saturated heterocycles. The Hall–Kier alpha value is -8.24. The minimum Gasteiger partial charge on any atom is -0.457 e. The molecular weight excluding hydrogens is 779 g/mol. The van der Waals surface area contributed by atoms with Crippen LogP contribution in [0.4, 0.5) is 5.69 Å². The van der Waals surface area contributed by atoms with Gasteiger partial charge in [-0.2, -0.15) is 0 Å². The quantitative estimate of drug-likeness (QED) is 0.113. The second-order valence-electron chi connectivity index (χ2n) is 15.5. The van der Waals surface area contributed by atoms with Crippen molar-refractivity contribution < 1.29 is 28.7 Å². The molecule has 1 aromatic heterocycles. The van der Waals surface area contributed by atoms with E-state index in [1.165, 1.54) is 23.1 Å². The van der Waals surface area contributed by atoms with Gasteiger partial charge in [0.05, 0.1) is 27.7 Å². The van der Waals surface area contributed by atoms with E-state index in [0.29, 0.717) is 35.1 Å². The molecule has 0 radical (unpaired) electrons. The van der Waals surface area contributed by atoms with Crippen molar-refractivity contribution in [3.8, 4) is 23.0 Å². The Morgan fingerprint density at radius 1 is 0.597 bits per heavy atom. The first-order valence-corrected chi connectivity index (χ1v) is 20.3. The number of ketones is 2. The number of amides is 2. The Balaban J connectivity index is 0.904. The van der Waals surface area contributed by atoms with E-state index in [1.807, 2.05) is 78.9 Å². The maximum atomic E-state index is 14.6. The molecule has 62 heavy (non-hydrogen) atoms. The molecule has 4 aliphatic carbocycles. The second kappa shape index (κ2) is 14.5. The number of fused-ring (bicyclic) bond motifs is 3. The molecule has 1 N–H and O–H groups in total. The SMILES string of the molecule is O=C1c2cc3c(cc2C(=O)C1c1nc2ccc(Oc4cccc(Oc5ccccc5)c4)cc2c(=O)[nH]1)C(=O)N(c1c(C2=CCC=C2)cc(C2=CC=CC2)cc1C1=CC=CC1)C3=O. The van der Waals surface area contributed by atoms with Crippen LogP contribution >= 0.6 is 0 Å². The Bertz CT molecular complexity index is 3220. The Labute approximate surface area is 354 Å². The van der Waals surface area contributed by atoms with Gasteiger partial charge in [0.2, 0.25) is 0 Å². The van der Waals surface area contributed by atoms with Crippen molar-refractivity contribution in [3.05, 3.63) is 207 Å². The zero-order valence-electron chi connectivity index (χ0n) is 32.9. The third kappa shape index (κ3) is 6.11. The predicted octanol–water partition coefficient (Wildman–Crippen LogP) is 10.5. The van der Waals surface area contributed by atoms with Gasteiger partial charge in [0.1, 0.15) is 34.7 Å². The van der Waals surface area contributed by atoms with Crippen LogP contribution in [0, 0.1) is 0 Å². The summed E-state index contributed by atoms with van der Waals surface area (Å²) in [7, 11) is 0. The molecule has 5 aromatic carbocycles. The number of hydrogen-bond acceptors (Lipinski definition) is 8. The molecule has 2 amide bonds. The molecule has 0 spiro atoms. The highest BCUT2D eigenvalue weighted by molar-refractivity contribution is 6.38. The first-order chi connectivity index (χ1) is 30.3. The van der Waals surface area contributed by atoms with Gasteiger partial charge in [-0.15, -0.1) is 0 Å². The van der Waals surface area contributed by atoms with Gasteiger partial charge in [-0.05, 0) is 108 Å². The third-order valence-electron chi connectivity index (χ3n) is 11.7. The van der Waals surface area contributed by atoms with Gasteiger partial charge in [-0.1, -0.05) is 78.9 Å². The Morgan fingerprint density at radius 2 is 1.24 bits per heavy atom. The summed E-state index contributed by atoms with van der Waals surface area (Å²) in [6, 6.07) is 27.9. The van der Waals surface area contributed by atoms with Crippen LogP contribution in [0.15, 0.2) is 157 Å². The van der Waals surface area contributed by atoms with E-state index in [1.54, 1.807) is 36.4 Å². The molecule has 0 fully saturated rings. The molecule has 0 unspecified atom stereocenters. The normalized spacial score (nSPS) is 16.4. The van der Waals surface area contributed by atoms with E-state index in [4.69, 9.17) is 9.47 Å². The average molecular weight is 812 g/mol. The first kappa shape index (κ1) is 36.8. The summed E-state index contributed by atoms with van der Waals surface area (Å²) in [5.41, 5.74) is 5.67. The lowest BCUT2D eigenvalue weighted by Crippen LogP contribution is -2.31. The van der Waals surface area contributed by atoms with Crippen molar-refractivity contribution in [1.29, 1.82) is 0 Å². The van der Waals surface area contributed by atoms with Gasteiger partial charge in [0.15, 0.2) is 11.6 Å². The summed E-state index contributed by atoms with van der Waals surface area (Å²) in [5, 5.41) is 0.185. The van der Waals surface area contributed by atoms with E-state index in [-0.39, 0.29) is 39.0 Å². The molecule has 0 saturated carbocycles. The number of para-hydroxylation sites is 1. The fourth-order valence-corrected chi connectivity index (χ4v) is 8.77. The summed E-state index contributed by atoms with van der Waals surface area (Å²) >= 11 is 0. The molecule has 0 bridgehead atoms. The number of hydrogen-bond donors (Lipinski definition) is 1. The summed E-state index contributed by atoms with van der Waals surface area (Å²) in [4.78, 5) is 79.4. The minimum absolute atomic E-state index is 0.00711. The van der Waals surface area contributed by atoms with Crippen LogP contribution in [0.1, 0.15) is 89.1 Å². The van der Waals surface area contributed by atoms with Crippen molar-refractivity contribution in [3.63, 3.8) is 0 Å². The highest BCUT2D eigenvalue weighted by Gasteiger charge is 2.47. The second-order valence-corrected chi connectivity index (χ2v) is 15.5. The lowest BCUT2D eigenvalue weighted by atomic mass is 9.89. The van der Waals surface area contributed by atoms with Crippen molar-refractivity contribution >= 4 is 56.7 Å². The number of Topliss-reactive ketones (excluding diaryl/α,β-unsaturated/α-hetero) is 2. The molecule has 0 atom stereocenters. The molecule has 10 heteroatoms. The fraction of sp³-hybridized carbons (Fsp3) is 0.0769.